The van der Waals surface area contributed by atoms with Gasteiger partial charge in [0.05, 0.1) is 0 Å². The first-order valence-electron chi connectivity index (χ1n) is 28.6. The van der Waals surface area contributed by atoms with Crippen molar-refractivity contribution in [1.29, 1.82) is 0 Å². The van der Waals surface area contributed by atoms with Crippen LogP contribution in [-0.2, 0) is 10.8 Å². The van der Waals surface area contributed by atoms with Crippen LogP contribution in [0.5, 0.6) is 11.5 Å². The van der Waals surface area contributed by atoms with Crippen molar-refractivity contribution in [2.75, 3.05) is 9.80 Å². The number of ether oxygens (including phenoxy) is 1. The van der Waals surface area contributed by atoms with Crippen molar-refractivity contribution in [2.45, 2.75) is 31.6 Å². The molecule has 81 heavy (non-hydrogen) atoms. The van der Waals surface area contributed by atoms with Crippen LogP contribution in [0.25, 0.3) is 44.5 Å². The van der Waals surface area contributed by atoms with Gasteiger partial charge in [-0.25, -0.2) is 0 Å². The van der Waals surface area contributed by atoms with Gasteiger partial charge in [0.25, 0.3) is 0 Å². The fraction of sp³-hybridized carbons (Fsp3) is 0.0649. The number of fused-ring (bicyclic) bond motifs is 20. The molecule has 19 rings (SSSR count). The molecule has 0 saturated carbocycles. The number of anilines is 6. The van der Waals surface area contributed by atoms with Crippen molar-refractivity contribution >= 4 is 66.8 Å². The summed E-state index contributed by atoms with van der Waals surface area (Å²) in [6.45, 7) is 6.82. The monoisotopic (exact) mass is 1140 g/mol. The van der Waals surface area contributed by atoms with Gasteiger partial charge in [-0.1, -0.05) is 0 Å². The molecule has 3 heterocycles. The van der Waals surface area contributed by atoms with Crippen molar-refractivity contribution in [3.05, 3.63) is 310 Å². The van der Waals surface area contributed by atoms with E-state index in [9.17, 15) is 0 Å². The minimum absolute atomic E-state index is 0.494. The summed E-state index contributed by atoms with van der Waals surface area (Å²) in [5, 5.41) is 0. The number of benzene rings is 12. The topological polar surface area (TPSA) is 15.7 Å². The van der Waals surface area contributed by atoms with Crippen LogP contribution in [0.2, 0.25) is 0 Å². The summed E-state index contributed by atoms with van der Waals surface area (Å²) in [5.41, 5.74) is 31.1. The van der Waals surface area contributed by atoms with Gasteiger partial charge in [0.2, 0.25) is 0 Å². The third kappa shape index (κ3) is 5.17. The molecule has 0 bridgehead atoms. The zero-order chi connectivity index (χ0) is 53.3. The van der Waals surface area contributed by atoms with Gasteiger partial charge in [0.1, 0.15) is 0 Å². The van der Waals surface area contributed by atoms with Gasteiger partial charge >= 0.3 is 479 Å². The van der Waals surface area contributed by atoms with Crippen LogP contribution >= 0.6 is 0 Å². The molecule has 3 nitrogen and oxygen atoms in total. The molecule has 0 radical (unpaired) electrons. The van der Waals surface area contributed by atoms with Gasteiger partial charge in [0, 0.05) is 0 Å². The van der Waals surface area contributed by atoms with Crippen molar-refractivity contribution in [3.63, 3.8) is 0 Å². The summed E-state index contributed by atoms with van der Waals surface area (Å²) < 4.78 is 13.3. The zero-order valence-electron chi connectivity index (χ0n) is 45.0. The Bertz CT molecular complexity index is 4470. The van der Waals surface area contributed by atoms with Crippen LogP contribution < -0.4 is 28.9 Å². The first-order chi connectivity index (χ1) is 39.9. The molecule has 3 aliphatic heterocycles. The zero-order valence-corrected chi connectivity index (χ0v) is 47.8. The molecule has 4 heteroatoms. The second kappa shape index (κ2) is 15.4. The molecule has 12 aromatic rings. The molecule has 378 valence electrons. The van der Waals surface area contributed by atoms with E-state index in [1.165, 1.54) is 143 Å². The normalized spacial score (nSPS) is 15.7. The predicted molar refractivity (Wildman–Crippen MR) is 333 cm³/mol. The van der Waals surface area contributed by atoms with Gasteiger partial charge < -0.3 is 0 Å². The van der Waals surface area contributed by atoms with Crippen LogP contribution in [-0.4, -0.2) is 18.4 Å². The van der Waals surface area contributed by atoms with Gasteiger partial charge in [0.15, 0.2) is 0 Å². The van der Waals surface area contributed by atoms with E-state index in [0.717, 1.165) is 22.9 Å². The molecule has 4 aliphatic carbocycles. The summed E-state index contributed by atoms with van der Waals surface area (Å²) >= 11 is -4.53. The van der Waals surface area contributed by atoms with Crippen molar-refractivity contribution in [3.8, 4) is 56.0 Å². The summed E-state index contributed by atoms with van der Waals surface area (Å²) in [4.78, 5) is 5.32. The van der Waals surface area contributed by atoms with E-state index in [-0.39, 0.29) is 0 Å². The van der Waals surface area contributed by atoms with E-state index in [4.69, 9.17) is 4.74 Å². The molecular weight excluding hydrogens is 1090 g/mol. The maximum absolute atomic E-state index is 7.59. The Kier molecular flexibility index (Phi) is 8.49. The average Bonchev–Trinajstić information content (AvgIpc) is 4.22. The second-order valence-corrected chi connectivity index (χ2v) is 33.8. The van der Waals surface area contributed by atoms with Crippen LogP contribution in [0.3, 0.4) is 0 Å². The number of hydrogen-bond donors (Lipinski definition) is 0. The average molecular weight is 1140 g/mol. The van der Waals surface area contributed by atoms with E-state index in [1.807, 2.05) is 0 Å². The fourth-order valence-electron chi connectivity index (χ4n) is 17.1. The van der Waals surface area contributed by atoms with Crippen molar-refractivity contribution in [2.24, 2.45) is 0 Å². The van der Waals surface area contributed by atoms with Crippen molar-refractivity contribution < 1.29 is 4.74 Å². The van der Waals surface area contributed by atoms with E-state index in [1.54, 1.807) is 0 Å². The molecule has 0 fully saturated rings. The standard InChI is InChI=1S/C71H45N2O.C6H5.Sn/c1-43-32-48-38-49(33-43)73(47-29-31-61-59-21-9-15-27-67(59)71(69(61)42-47)64-24-12-6-18-56(64)57-19-7-13-25-65(57)71)51-35-45(3)37-53(40-51)74-52-36-44(2)34-50(39-52)72(48)46-28-30-60-58-20-8-14-26-66(58)70(68(60)41-46)62-22-10-4-16-54(62)55-17-5-11-23-63(55)70;1-2-4-6-5-3-1;/h4-37,41-42H,1-3H3;1-5H;. The first-order valence-corrected chi connectivity index (χ1v) is 34.3. The SMILES string of the molecule is Cc1cc2[c]3c(c1)N(c1ccc4c(c1)C1(c5ccccc5-c5ccccc51)c1ccccc1-4)c1cc(C)cc4[c]1[Sn]3([c]1ccccc1)[c]1c(cc(C)cc1N4c1ccc3c(c1)C1(c4ccccc4-c4ccccc41)c1ccccc1-3)O2. The van der Waals surface area contributed by atoms with Gasteiger partial charge in [-0.3, -0.25) is 0 Å². The number of hydrogen-bond acceptors (Lipinski definition) is 3. The molecule has 0 amide bonds. The quantitative estimate of drug-likeness (QED) is 0.164. The molecule has 12 aromatic carbocycles. The van der Waals surface area contributed by atoms with Crippen LogP contribution in [0.4, 0.5) is 34.1 Å². The molecule has 0 N–H and O–H groups in total. The van der Waals surface area contributed by atoms with E-state index >= 15 is 0 Å². The maximum atomic E-state index is 7.59. The van der Waals surface area contributed by atoms with Gasteiger partial charge in [-0.15, -0.1) is 0 Å². The first kappa shape index (κ1) is 44.7. The second-order valence-electron chi connectivity index (χ2n) is 23.6. The van der Waals surface area contributed by atoms with Crippen LogP contribution in [0.1, 0.15) is 61.2 Å². The summed E-state index contributed by atoms with van der Waals surface area (Å²) in [7, 11) is 0. The Morgan fingerprint density at radius 1 is 0.284 bits per heavy atom. The van der Waals surface area contributed by atoms with Gasteiger partial charge in [-0.05, 0) is 0 Å². The molecule has 0 unspecified atom stereocenters. The Morgan fingerprint density at radius 2 is 0.580 bits per heavy atom. The summed E-state index contributed by atoms with van der Waals surface area (Å²) in [6.07, 6.45) is 0. The Labute approximate surface area is 475 Å². The fourth-order valence-corrected chi connectivity index (χ4v) is 33.0. The van der Waals surface area contributed by atoms with E-state index in [0.29, 0.717) is 0 Å². The number of rotatable bonds is 3. The summed E-state index contributed by atoms with van der Waals surface area (Å²) in [5.74, 6) is 1.98. The van der Waals surface area contributed by atoms with E-state index in [2.05, 4.69) is 279 Å². The predicted octanol–water partition coefficient (Wildman–Crippen LogP) is 16.3. The van der Waals surface area contributed by atoms with Crippen molar-refractivity contribution in [1.82, 2.24) is 0 Å². The Hall–Kier alpha value is -9.16. The Morgan fingerprint density at radius 3 is 0.938 bits per heavy atom. The van der Waals surface area contributed by atoms with Crippen LogP contribution in [0, 0.1) is 20.8 Å². The molecule has 0 atom stereocenters. The number of aryl methyl sites for hydroxylation is 3. The van der Waals surface area contributed by atoms with Gasteiger partial charge in [-0.2, -0.15) is 0 Å². The number of nitrogens with zero attached hydrogens (tertiary/aromatic N) is 2. The van der Waals surface area contributed by atoms with Crippen LogP contribution in [0.15, 0.2) is 249 Å². The molecule has 0 aromatic heterocycles. The molecule has 0 saturated heterocycles. The third-order valence-corrected chi connectivity index (χ3v) is 33.9. The molecule has 2 spiro atoms. The summed E-state index contributed by atoms with van der Waals surface area (Å²) in [6, 6.07) is 96.2. The molecular formula is C77H50N2OSn. The minimum atomic E-state index is -4.53. The Balaban J connectivity index is 0.919. The van der Waals surface area contributed by atoms with E-state index < -0.39 is 29.2 Å². The molecule has 7 aliphatic rings. The third-order valence-electron chi connectivity index (χ3n) is 19.7.